The third kappa shape index (κ3) is 5.14. The molecular formula is C11H16Cl2N2O. The lowest BCUT2D eigenvalue weighted by Gasteiger charge is -2.07. The van der Waals surface area contributed by atoms with E-state index in [1.54, 1.807) is 6.07 Å². The number of nitrogens with one attached hydrogen (secondary N) is 2. The highest BCUT2D eigenvalue weighted by atomic mass is 35.5. The fraction of sp³-hybridized carbons (Fsp3) is 0.455. The van der Waals surface area contributed by atoms with Crippen LogP contribution in [0.3, 0.4) is 0 Å². The van der Waals surface area contributed by atoms with Crippen LogP contribution in [0.1, 0.15) is 5.56 Å². The molecule has 0 unspecified atom stereocenters. The maximum absolute atomic E-state index is 8.55. The zero-order chi connectivity index (χ0) is 11.8. The van der Waals surface area contributed by atoms with Crippen LogP contribution in [0, 0.1) is 0 Å². The Kier molecular flexibility index (Phi) is 6.76. The fourth-order valence-corrected chi connectivity index (χ4v) is 1.74. The van der Waals surface area contributed by atoms with E-state index >= 15 is 0 Å². The van der Waals surface area contributed by atoms with Crippen LogP contribution in [-0.4, -0.2) is 31.3 Å². The maximum Gasteiger partial charge on any atom is 0.0555 e. The summed E-state index contributed by atoms with van der Waals surface area (Å²) >= 11 is 11.8. The molecule has 0 saturated carbocycles. The van der Waals surface area contributed by atoms with Gasteiger partial charge >= 0.3 is 0 Å². The molecule has 1 rings (SSSR count). The minimum atomic E-state index is 0.170. The standard InChI is InChI=1S/C11H16Cl2N2O/c12-10-2-1-9(11(13)7-10)8-15-4-3-14-5-6-16/h1-2,7,14-16H,3-6,8H2. The first-order chi connectivity index (χ1) is 7.74. The van der Waals surface area contributed by atoms with E-state index in [1.807, 2.05) is 12.1 Å². The van der Waals surface area contributed by atoms with Crippen molar-refractivity contribution in [1.82, 2.24) is 10.6 Å². The average Bonchev–Trinajstić information content (AvgIpc) is 2.26. The minimum Gasteiger partial charge on any atom is -0.395 e. The zero-order valence-corrected chi connectivity index (χ0v) is 10.5. The number of hydrogen-bond donors (Lipinski definition) is 3. The molecule has 0 bridgehead atoms. The first-order valence-corrected chi connectivity index (χ1v) is 5.96. The van der Waals surface area contributed by atoms with Crippen molar-refractivity contribution in [3.05, 3.63) is 33.8 Å². The maximum atomic E-state index is 8.55. The predicted molar refractivity (Wildman–Crippen MR) is 68.1 cm³/mol. The monoisotopic (exact) mass is 262 g/mol. The highest BCUT2D eigenvalue weighted by molar-refractivity contribution is 6.35. The van der Waals surface area contributed by atoms with Gasteiger partial charge in [-0.15, -0.1) is 0 Å². The lowest BCUT2D eigenvalue weighted by Crippen LogP contribution is -2.28. The van der Waals surface area contributed by atoms with Gasteiger partial charge < -0.3 is 15.7 Å². The van der Waals surface area contributed by atoms with Crippen LogP contribution in [0.15, 0.2) is 18.2 Å². The van der Waals surface area contributed by atoms with E-state index in [0.29, 0.717) is 16.6 Å². The van der Waals surface area contributed by atoms with Gasteiger partial charge in [0.1, 0.15) is 0 Å². The Morgan fingerprint density at radius 2 is 1.81 bits per heavy atom. The third-order valence-corrected chi connectivity index (χ3v) is 2.68. The summed E-state index contributed by atoms with van der Waals surface area (Å²) in [5.41, 5.74) is 1.04. The van der Waals surface area contributed by atoms with Crippen molar-refractivity contribution in [1.29, 1.82) is 0 Å². The molecule has 1 aromatic carbocycles. The first-order valence-electron chi connectivity index (χ1n) is 5.20. The van der Waals surface area contributed by atoms with Crippen LogP contribution < -0.4 is 10.6 Å². The molecule has 0 aliphatic heterocycles. The van der Waals surface area contributed by atoms with Crippen molar-refractivity contribution in [3.63, 3.8) is 0 Å². The number of hydrogen-bond acceptors (Lipinski definition) is 3. The first kappa shape index (κ1) is 13.7. The summed E-state index contributed by atoms with van der Waals surface area (Å²) in [6, 6.07) is 5.48. The van der Waals surface area contributed by atoms with E-state index in [2.05, 4.69) is 10.6 Å². The second kappa shape index (κ2) is 7.87. The molecule has 0 aliphatic carbocycles. The number of aliphatic hydroxyl groups is 1. The SMILES string of the molecule is OCCNCCNCc1ccc(Cl)cc1Cl. The molecular weight excluding hydrogens is 247 g/mol. The lowest BCUT2D eigenvalue weighted by molar-refractivity contribution is 0.292. The molecule has 0 amide bonds. The average molecular weight is 263 g/mol. The van der Waals surface area contributed by atoms with Gasteiger partial charge in [-0.05, 0) is 17.7 Å². The van der Waals surface area contributed by atoms with Gasteiger partial charge in [0.15, 0.2) is 0 Å². The Morgan fingerprint density at radius 1 is 1.06 bits per heavy atom. The Morgan fingerprint density at radius 3 is 2.50 bits per heavy atom. The Balaban J connectivity index is 2.21. The summed E-state index contributed by atoms with van der Waals surface area (Å²) in [6.07, 6.45) is 0. The summed E-state index contributed by atoms with van der Waals surface area (Å²) in [7, 11) is 0. The summed E-state index contributed by atoms with van der Waals surface area (Å²) in [5.74, 6) is 0. The lowest BCUT2D eigenvalue weighted by atomic mass is 10.2. The largest absolute Gasteiger partial charge is 0.395 e. The molecule has 1 aromatic rings. The van der Waals surface area contributed by atoms with Crippen LogP contribution in [-0.2, 0) is 6.54 Å². The summed E-state index contributed by atoms with van der Waals surface area (Å²) in [5, 5.41) is 16.2. The molecule has 90 valence electrons. The van der Waals surface area contributed by atoms with E-state index in [4.69, 9.17) is 28.3 Å². The smallest absolute Gasteiger partial charge is 0.0555 e. The molecule has 0 spiro atoms. The van der Waals surface area contributed by atoms with Gasteiger partial charge in [0.25, 0.3) is 0 Å². The van der Waals surface area contributed by atoms with Crippen LogP contribution in [0.25, 0.3) is 0 Å². The summed E-state index contributed by atoms with van der Waals surface area (Å²) in [4.78, 5) is 0. The van der Waals surface area contributed by atoms with Crippen molar-refractivity contribution in [2.75, 3.05) is 26.2 Å². The third-order valence-electron chi connectivity index (χ3n) is 2.10. The van der Waals surface area contributed by atoms with E-state index in [-0.39, 0.29) is 6.61 Å². The topological polar surface area (TPSA) is 44.3 Å². The van der Waals surface area contributed by atoms with Gasteiger partial charge in [0.2, 0.25) is 0 Å². The molecule has 0 saturated heterocycles. The van der Waals surface area contributed by atoms with Crippen molar-refractivity contribution in [2.24, 2.45) is 0 Å². The fourth-order valence-electron chi connectivity index (χ4n) is 1.27. The van der Waals surface area contributed by atoms with E-state index in [0.717, 1.165) is 25.2 Å². The number of rotatable bonds is 7. The molecule has 3 N–H and O–H groups in total. The normalized spacial score (nSPS) is 10.7. The second-order valence-electron chi connectivity index (χ2n) is 3.39. The molecule has 3 nitrogen and oxygen atoms in total. The van der Waals surface area contributed by atoms with Gasteiger partial charge in [-0.1, -0.05) is 29.3 Å². The predicted octanol–water partition coefficient (Wildman–Crippen LogP) is 1.66. The van der Waals surface area contributed by atoms with Gasteiger partial charge in [-0.3, -0.25) is 0 Å². The highest BCUT2D eigenvalue weighted by Gasteiger charge is 2.00. The van der Waals surface area contributed by atoms with Crippen LogP contribution in [0.5, 0.6) is 0 Å². The Hall–Kier alpha value is -0.320. The molecule has 0 heterocycles. The van der Waals surface area contributed by atoms with Crippen LogP contribution in [0.4, 0.5) is 0 Å². The van der Waals surface area contributed by atoms with Gasteiger partial charge in [0, 0.05) is 36.2 Å². The van der Waals surface area contributed by atoms with Crippen LogP contribution >= 0.6 is 23.2 Å². The quantitative estimate of drug-likeness (QED) is 0.656. The Labute approximate surface area is 106 Å². The van der Waals surface area contributed by atoms with Crippen molar-refractivity contribution in [2.45, 2.75) is 6.54 Å². The molecule has 0 atom stereocenters. The molecule has 16 heavy (non-hydrogen) atoms. The highest BCUT2D eigenvalue weighted by Crippen LogP contribution is 2.20. The van der Waals surface area contributed by atoms with E-state index < -0.39 is 0 Å². The second-order valence-corrected chi connectivity index (χ2v) is 4.23. The molecule has 5 heteroatoms. The van der Waals surface area contributed by atoms with Gasteiger partial charge in [-0.25, -0.2) is 0 Å². The molecule has 0 aromatic heterocycles. The van der Waals surface area contributed by atoms with E-state index in [1.165, 1.54) is 0 Å². The van der Waals surface area contributed by atoms with E-state index in [9.17, 15) is 0 Å². The van der Waals surface area contributed by atoms with Gasteiger partial charge in [0.05, 0.1) is 6.61 Å². The summed E-state index contributed by atoms with van der Waals surface area (Å²) in [6.45, 7) is 3.17. The molecule has 0 aliphatic rings. The minimum absolute atomic E-state index is 0.170. The number of aliphatic hydroxyl groups excluding tert-OH is 1. The molecule has 0 fully saturated rings. The van der Waals surface area contributed by atoms with Crippen LogP contribution in [0.2, 0.25) is 10.0 Å². The van der Waals surface area contributed by atoms with Crippen molar-refractivity contribution < 1.29 is 5.11 Å². The summed E-state index contributed by atoms with van der Waals surface area (Å²) < 4.78 is 0. The van der Waals surface area contributed by atoms with Crippen molar-refractivity contribution >= 4 is 23.2 Å². The van der Waals surface area contributed by atoms with Crippen molar-refractivity contribution in [3.8, 4) is 0 Å². The molecule has 0 radical (unpaired) electrons. The number of halogens is 2. The van der Waals surface area contributed by atoms with Gasteiger partial charge in [-0.2, -0.15) is 0 Å². The number of benzene rings is 1. The Bertz CT molecular complexity index is 321. The zero-order valence-electron chi connectivity index (χ0n) is 8.97.